The molecule has 4 aromatic rings. The zero-order chi connectivity index (χ0) is 20.8. The summed E-state index contributed by atoms with van der Waals surface area (Å²) in [6.45, 7) is 0.567. The summed E-state index contributed by atoms with van der Waals surface area (Å²) in [7, 11) is 3.25. The fourth-order valence-corrected chi connectivity index (χ4v) is 3.77. The summed E-state index contributed by atoms with van der Waals surface area (Å²) in [5, 5.41) is 11.2. The number of hydrazone groups is 1. The van der Waals surface area contributed by atoms with Gasteiger partial charge in [0.25, 0.3) is 0 Å². The topological polar surface area (TPSA) is 60.7 Å². The number of methoxy groups -OCH3 is 2. The van der Waals surface area contributed by atoms with Crippen LogP contribution in [0.15, 0.2) is 77.3 Å². The van der Waals surface area contributed by atoms with Gasteiger partial charge in [0, 0.05) is 11.8 Å². The molecule has 0 saturated carbocycles. The van der Waals surface area contributed by atoms with Crippen molar-refractivity contribution in [1.29, 1.82) is 0 Å². The first-order valence-corrected chi connectivity index (χ1v) is 10.3. The Bertz CT molecular complexity index is 1120. The number of benzene rings is 2. The van der Waals surface area contributed by atoms with Gasteiger partial charge in [-0.15, -0.1) is 11.3 Å². The number of hydrogen-bond acceptors (Lipinski definition) is 6. The van der Waals surface area contributed by atoms with E-state index in [1.54, 1.807) is 25.6 Å². The van der Waals surface area contributed by atoms with Gasteiger partial charge in [-0.2, -0.15) is 10.2 Å². The second-order valence-electron chi connectivity index (χ2n) is 6.47. The van der Waals surface area contributed by atoms with Gasteiger partial charge in [-0.3, -0.25) is 0 Å². The third-order valence-electron chi connectivity index (χ3n) is 4.54. The predicted molar refractivity (Wildman–Crippen MR) is 121 cm³/mol. The maximum atomic E-state index is 5.35. The van der Waals surface area contributed by atoms with Gasteiger partial charge in [0.15, 0.2) is 11.5 Å². The van der Waals surface area contributed by atoms with Crippen LogP contribution in [0.4, 0.5) is 0 Å². The minimum Gasteiger partial charge on any atom is -0.493 e. The Morgan fingerprint density at radius 1 is 1.03 bits per heavy atom. The number of nitrogens with one attached hydrogen (secondary N) is 1. The molecule has 0 atom stereocenters. The SMILES string of the molecule is COc1ccc(CN/N=C\c2cn(-c3ccccc3)nc2-c2cccs2)cc1OC. The molecule has 0 aliphatic rings. The fourth-order valence-electron chi connectivity index (χ4n) is 3.04. The number of hydrogen-bond donors (Lipinski definition) is 1. The van der Waals surface area contributed by atoms with Crippen molar-refractivity contribution in [3.8, 4) is 27.8 Å². The summed E-state index contributed by atoms with van der Waals surface area (Å²) in [5.41, 5.74) is 7.01. The van der Waals surface area contributed by atoms with Gasteiger partial charge in [-0.1, -0.05) is 30.3 Å². The molecule has 0 aliphatic carbocycles. The summed E-state index contributed by atoms with van der Waals surface area (Å²) < 4.78 is 12.5. The van der Waals surface area contributed by atoms with Crippen molar-refractivity contribution in [2.75, 3.05) is 14.2 Å². The van der Waals surface area contributed by atoms with Crippen molar-refractivity contribution in [2.24, 2.45) is 5.10 Å². The lowest BCUT2D eigenvalue weighted by Gasteiger charge is -2.09. The van der Waals surface area contributed by atoms with E-state index < -0.39 is 0 Å². The first kappa shape index (κ1) is 19.7. The van der Waals surface area contributed by atoms with E-state index in [0.29, 0.717) is 18.0 Å². The Hall–Kier alpha value is -3.58. The number of rotatable bonds is 8. The van der Waals surface area contributed by atoms with Gasteiger partial charge in [-0.05, 0) is 41.3 Å². The molecule has 0 radical (unpaired) electrons. The van der Waals surface area contributed by atoms with Crippen LogP contribution in [0.5, 0.6) is 11.5 Å². The standard InChI is InChI=1S/C23H22N4O2S/c1-28-20-11-10-17(13-21(20)29-2)14-24-25-15-18-16-27(19-7-4-3-5-8-19)26-23(18)22-9-6-12-30-22/h3-13,15-16,24H,14H2,1-2H3/b25-15-. The summed E-state index contributed by atoms with van der Waals surface area (Å²) in [5.74, 6) is 1.41. The van der Waals surface area contributed by atoms with Crippen LogP contribution in [0.1, 0.15) is 11.1 Å². The number of aromatic nitrogens is 2. The molecule has 0 spiro atoms. The van der Waals surface area contributed by atoms with Crippen LogP contribution < -0.4 is 14.9 Å². The van der Waals surface area contributed by atoms with Crippen molar-refractivity contribution in [3.63, 3.8) is 0 Å². The average molecular weight is 419 g/mol. The van der Waals surface area contributed by atoms with Crippen molar-refractivity contribution in [2.45, 2.75) is 6.54 Å². The van der Waals surface area contributed by atoms with E-state index in [9.17, 15) is 0 Å². The van der Waals surface area contributed by atoms with E-state index in [4.69, 9.17) is 14.6 Å². The van der Waals surface area contributed by atoms with E-state index in [2.05, 4.69) is 16.6 Å². The normalized spacial score (nSPS) is 11.0. The highest BCUT2D eigenvalue weighted by Crippen LogP contribution is 2.28. The van der Waals surface area contributed by atoms with Crippen molar-refractivity contribution < 1.29 is 9.47 Å². The Morgan fingerprint density at radius 2 is 1.87 bits per heavy atom. The highest BCUT2D eigenvalue weighted by molar-refractivity contribution is 7.13. The van der Waals surface area contributed by atoms with E-state index >= 15 is 0 Å². The zero-order valence-corrected chi connectivity index (χ0v) is 17.6. The van der Waals surface area contributed by atoms with Gasteiger partial charge in [-0.25, -0.2) is 4.68 Å². The quantitative estimate of drug-likeness (QED) is 0.332. The molecule has 7 heteroatoms. The number of para-hydroxylation sites is 1. The molecule has 4 rings (SSSR count). The molecule has 1 N–H and O–H groups in total. The molecule has 2 aromatic heterocycles. The van der Waals surface area contributed by atoms with Gasteiger partial charge in [0.1, 0.15) is 5.69 Å². The predicted octanol–water partition coefficient (Wildman–Crippen LogP) is 4.74. The molecule has 0 bridgehead atoms. The van der Waals surface area contributed by atoms with E-state index in [1.807, 2.05) is 77.1 Å². The summed E-state index contributed by atoms with van der Waals surface area (Å²) in [4.78, 5) is 1.10. The molecule has 0 aliphatic heterocycles. The lowest BCUT2D eigenvalue weighted by molar-refractivity contribution is 0.354. The maximum Gasteiger partial charge on any atom is 0.161 e. The second kappa shape index (κ2) is 9.28. The van der Waals surface area contributed by atoms with Gasteiger partial charge in [0.2, 0.25) is 0 Å². The number of thiophene rings is 1. The Labute approximate surface area is 179 Å². The van der Waals surface area contributed by atoms with Crippen LogP contribution >= 0.6 is 11.3 Å². The number of ether oxygens (including phenoxy) is 2. The lowest BCUT2D eigenvalue weighted by atomic mass is 10.2. The molecule has 2 aromatic carbocycles. The zero-order valence-electron chi connectivity index (χ0n) is 16.8. The molecule has 152 valence electrons. The lowest BCUT2D eigenvalue weighted by Crippen LogP contribution is -2.06. The Balaban J connectivity index is 1.52. The third-order valence-corrected chi connectivity index (χ3v) is 5.42. The Kier molecular flexibility index (Phi) is 6.10. The van der Waals surface area contributed by atoms with Gasteiger partial charge < -0.3 is 14.9 Å². The van der Waals surface area contributed by atoms with Crippen LogP contribution in [0.3, 0.4) is 0 Å². The molecule has 2 heterocycles. The van der Waals surface area contributed by atoms with Crippen molar-refractivity contribution in [3.05, 3.63) is 83.4 Å². The minimum atomic E-state index is 0.567. The minimum absolute atomic E-state index is 0.567. The van der Waals surface area contributed by atoms with Gasteiger partial charge in [0.05, 0.1) is 37.5 Å². The third kappa shape index (κ3) is 4.36. The van der Waals surface area contributed by atoms with Crippen LogP contribution in [0.25, 0.3) is 16.3 Å². The highest BCUT2D eigenvalue weighted by Gasteiger charge is 2.12. The molecule has 0 fully saturated rings. The second-order valence-corrected chi connectivity index (χ2v) is 7.42. The van der Waals surface area contributed by atoms with Crippen LogP contribution in [-0.4, -0.2) is 30.2 Å². The van der Waals surface area contributed by atoms with Crippen molar-refractivity contribution >= 4 is 17.6 Å². The Morgan fingerprint density at radius 3 is 2.60 bits per heavy atom. The van der Waals surface area contributed by atoms with Crippen molar-refractivity contribution in [1.82, 2.24) is 15.2 Å². The van der Waals surface area contributed by atoms with E-state index in [0.717, 1.165) is 27.4 Å². The molecule has 0 unspecified atom stereocenters. The largest absolute Gasteiger partial charge is 0.493 e. The van der Waals surface area contributed by atoms with Crippen LogP contribution in [-0.2, 0) is 6.54 Å². The van der Waals surface area contributed by atoms with E-state index in [-0.39, 0.29) is 0 Å². The molecule has 0 saturated heterocycles. The number of nitrogens with zero attached hydrogens (tertiary/aromatic N) is 3. The fraction of sp³-hybridized carbons (Fsp3) is 0.130. The van der Waals surface area contributed by atoms with Crippen LogP contribution in [0.2, 0.25) is 0 Å². The van der Waals surface area contributed by atoms with E-state index in [1.165, 1.54) is 0 Å². The average Bonchev–Trinajstić information content (AvgIpc) is 3.47. The first-order valence-electron chi connectivity index (χ1n) is 9.44. The van der Waals surface area contributed by atoms with Gasteiger partial charge >= 0.3 is 0 Å². The molecular formula is C23H22N4O2S. The molecule has 6 nitrogen and oxygen atoms in total. The maximum absolute atomic E-state index is 5.35. The molecular weight excluding hydrogens is 396 g/mol. The molecule has 0 amide bonds. The smallest absolute Gasteiger partial charge is 0.161 e. The summed E-state index contributed by atoms with van der Waals surface area (Å²) in [6, 6.07) is 19.9. The monoisotopic (exact) mass is 418 g/mol. The highest BCUT2D eigenvalue weighted by atomic mass is 32.1. The first-order chi connectivity index (χ1) is 14.8. The summed E-state index contributed by atoms with van der Waals surface area (Å²) >= 11 is 1.66. The van der Waals surface area contributed by atoms with Crippen LogP contribution in [0, 0.1) is 0 Å². The summed E-state index contributed by atoms with van der Waals surface area (Å²) in [6.07, 6.45) is 3.80. The molecule has 30 heavy (non-hydrogen) atoms.